The summed E-state index contributed by atoms with van der Waals surface area (Å²) < 4.78 is 26.9. The van der Waals surface area contributed by atoms with Gasteiger partial charge in [-0.2, -0.15) is 13.3 Å². The number of hydrogen-bond acceptors (Lipinski definition) is 3. The van der Waals surface area contributed by atoms with E-state index < -0.39 is 5.76 Å². The first-order valence-electron chi connectivity index (χ1n) is 10.4. The zero-order valence-corrected chi connectivity index (χ0v) is 19.6. The lowest BCUT2D eigenvalue weighted by Crippen LogP contribution is -2.38. The number of aliphatic hydroxyl groups is 1. The van der Waals surface area contributed by atoms with E-state index in [0.29, 0.717) is 33.6 Å². The van der Waals surface area contributed by atoms with Crippen molar-refractivity contribution in [2.45, 2.75) is 10.7 Å². The number of pyridine rings is 1. The number of benzene rings is 3. The predicted molar refractivity (Wildman–Crippen MR) is 139 cm³/mol. The summed E-state index contributed by atoms with van der Waals surface area (Å²) in [6.07, 6.45) is 3.58. The molecule has 0 fully saturated rings. The fraction of sp³-hybridized carbons (Fsp3) is 0.0370. The normalized spacial score (nSPS) is 11.7. The van der Waals surface area contributed by atoms with Crippen LogP contribution in [0.15, 0.2) is 114 Å². The van der Waals surface area contributed by atoms with Crippen molar-refractivity contribution in [1.82, 2.24) is 0 Å². The number of rotatable bonds is 7. The number of hydrogen-bond donors (Lipinski definition) is 2. The Kier molecular flexibility index (Phi) is 7.67. The molecule has 1 aromatic heterocycles. The molecule has 0 atom stereocenters. The smallest absolute Gasteiger partial charge is 0.288 e. The Labute approximate surface area is 206 Å². The van der Waals surface area contributed by atoms with Gasteiger partial charge in [-0.3, -0.25) is 0 Å². The Morgan fingerprint density at radius 3 is 2.00 bits per heavy atom. The molecule has 0 saturated carbocycles. The average molecular weight is 492 g/mol. The molecule has 1 heterocycles. The molecule has 0 spiro atoms. The minimum absolute atomic E-state index is 0.0122. The minimum atomic E-state index is -2.48. The Bertz CT molecular complexity index is 1280. The van der Waals surface area contributed by atoms with Crippen molar-refractivity contribution in [2.75, 3.05) is 5.32 Å². The topological polar surface area (TPSA) is 36.1 Å². The van der Waals surface area contributed by atoms with Crippen LogP contribution in [0.3, 0.4) is 0 Å². The molecule has 4 aromatic rings. The van der Waals surface area contributed by atoms with Gasteiger partial charge in [-0.05, 0) is 35.4 Å². The van der Waals surface area contributed by atoms with E-state index >= 15 is 0 Å². The van der Waals surface area contributed by atoms with Crippen LogP contribution >= 0.6 is 24.0 Å². The van der Waals surface area contributed by atoms with Crippen molar-refractivity contribution < 1.29 is 18.5 Å². The summed E-state index contributed by atoms with van der Waals surface area (Å²) in [5.74, 6) is -2.47. The minimum Gasteiger partial charge on any atom is -0.502 e. The summed E-state index contributed by atoms with van der Waals surface area (Å²) >= 11 is 6.13. The van der Waals surface area contributed by atoms with Gasteiger partial charge in [0.1, 0.15) is 0 Å². The average Bonchev–Trinajstić information content (AvgIpc) is 2.86. The Morgan fingerprint density at radius 2 is 1.38 bits per heavy atom. The number of nitrogens with one attached hydrogen (secondary N) is 1. The van der Waals surface area contributed by atoms with E-state index in [4.69, 9.17) is 12.2 Å². The van der Waals surface area contributed by atoms with Crippen LogP contribution < -0.4 is 9.88 Å². The highest BCUT2D eigenvalue weighted by Crippen LogP contribution is 2.27. The molecule has 3 aromatic carbocycles. The van der Waals surface area contributed by atoms with Crippen LogP contribution in [0.4, 0.5) is 14.5 Å². The number of thiocarbonyl (C=S) groups is 1. The zero-order chi connectivity index (χ0) is 23.9. The number of thioether (sulfide) groups is 1. The van der Waals surface area contributed by atoms with E-state index in [1.54, 1.807) is 41.2 Å². The van der Waals surface area contributed by atoms with E-state index in [9.17, 15) is 13.9 Å². The van der Waals surface area contributed by atoms with Gasteiger partial charge in [-0.1, -0.05) is 84.6 Å². The monoisotopic (exact) mass is 491 g/mol. The third kappa shape index (κ3) is 5.87. The van der Waals surface area contributed by atoms with Crippen LogP contribution in [0.25, 0.3) is 22.6 Å². The second kappa shape index (κ2) is 11.0. The summed E-state index contributed by atoms with van der Waals surface area (Å²) in [7, 11) is 0. The summed E-state index contributed by atoms with van der Waals surface area (Å²) in [5.41, 5.74) is 3.76. The second-order valence-electron chi connectivity index (χ2n) is 7.28. The molecular weight excluding hydrogens is 470 g/mol. The zero-order valence-electron chi connectivity index (χ0n) is 17.9. The molecule has 170 valence electrons. The number of halogens is 2. The summed E-state index contributed by atoms with van der Waals surface area (Å²) in [4.78, 5) is 0.746. The number of nitrogens with zero attached hydrogens (tertiary/aromatic N) is 1. The molecule has 3 nitrogen and oxygen atoms in total. The van der Waals surface area contributed by atoms with Crippen molar-refractivity contribution in [1.29, 1.82) is 0 Å². The molecule has 34 heavy (non-hydrogen) atoms. The number of anilines is 1. The van der Waals surface area contributed by atoms with Crippen molar-refractivity contribution in [3.63, 3.8) is 0 Å². The highest BCUT2D eigenvalue weighted by atomic mass is 32.2. The lowest BCUT2D eigenvalue weighted by molar-refractivity contribution is -0.575. The number of aromatic nitrogens is 1. The van der Waals surface area contributed by atoms with Gasteiger partial charge in [0.2, 0.25) is 0 Å². The van der Waals surface area contributed by atoms with Gasteiger partial charge in [-0.15, -0.1) is 0 Å². The second-order valence-corrected chi connectivity index (χ2v) is 8.75. The molecule has 0 aliphatic carbocycles. The third-order valence-electron chi connectivity index (χ3n) is 5.02. The van der Waals surface area contributed by atoms with Crippen molar-refractivity contribution in [3.05, 3.63) is 115 Å². The lowest BCUT2D eigenvalue weighted by Gasteiger charge is -2.11. The van der Waals surface area contributed by atoms with Crippen LogP contribution in [0.5, 0.6) is 0 Å². The Morgan fingerprint density at radius 1 is 0.794 bits per heavy atom. The molecule has 0 unspecified atom stereocenters. The number of alkyl halides is 2. The van der Waals surface area contributed by atoms with Gasteiger partial charge >= 0.3 is 0 Å². The van der Waals surface area contributed by atoms with Crippen molar-refractivity contribution in [2.24, 2.45) is 0 Å². The third-order valence-corrected chi connectivity index (χ3v) is 6.03. The van der Waals surface area contributed by atoms with E-state index in [0.717, 1.165) is 11.1 Å². The first-order chi connectivity index (χ1) is 16.5. The quantitative estimate of drug-likeness (QED) is 0.0936. The van der Waals surface area contributed by atoms with E-state index in [1.165, 1.54) is 0 Å². The SMILES string of the molecule is O/C(=C(/C(=S)Nc1ccc(SC(F)F)cc1)[n+]1ccccc1)c1ccc(-c2ccccc2)cc1. The van der Waals surface area contributed by atoms with Crippen molar-refractivity contribution >= 4 is 46.1 Å². The van der Waals surface area contributed by atoms with Gasteiger partial charge < -0.3 is 10.4 Å². The summed E-state index contributed by atoms with van der Waals surface area (Å²) in [5, 5.41) is 14.3. The van der Waals surface area contributed by atoms with Gasteiger partial charge in [0.05, 0.1) is 0 Å². The molecule has 0 bridgehead atoms. The largest absolute Gasteiger partial charge is 0.502 e. The molecule has 0 amide bonds. The van der Waals surface area contributed by atoms with Crippen molar-refractivity contribution in [3.8, 4) is 11.1 Å². The highest BCUT2D eigenvalue weighted by molar-refractivity contribution is 7.99. The summed E-state index contributed by atoms with van der Waals surface area (Å²) in [6, 6.07) is 29.7. The molecule has 0 aliphatic rings. The molecule has 2 N–H and O–H groups in total. The van der Waals surface area contributed by atoms with Crippen LogP contribution in [0.1, 0.15) is 5.56 Å². The van der Waals surface area contributed by atoms with Gasteiger partial charge in [0.25, 0.3) is 11.5 Å². The maximum Gasteiger partial charge on any atom is 0.288 e. The van der Waals surface area contributed by atoms with E-state index in [2.05, 4.69) is 5.32 Å². The maximum atomic E-state index is 12.6. The predicted octanol–water partition coefficient (Wildman–Crippen LogP) is 7.28. The molecule has 0 radical (unpaired) electrons. The van der Waals surface area contributed by atoms with Crippen LogP contribution in [0.2, 0.25) is 0 Å². The van der Waals surface area contributed by atoms with Crippen LogP contribution in [0, 0.1) is 0 Å². The molecule has 7 heteroatoms. The lowest BCUT2D eigenvalue weighted by atomic mass is 10.0. The fourth-order valence-electron chi connectivity index (χ4n) is 3.39. The standard InChI is InChI=1S/C27H20F2N2OS2/c28-27(29)34-23-15-13-22(14-16-23)30-26(33)24(31-17-5-2-6-18-31)25(32)21-11-9-20(10-12-21)19-7-3-1-4-8-19/h1-18,27H,(H-,30,32,33)/p+1. The highest BCUT2D eigenvalue weighted by Gasteiger charge is 2.23. The number of aliphatic hydroxyl groups excluding tert-OH is 1. The molecule has 0 saturated heterocycles. The van der Waals surface area contributed by atoms with Gasteiger partial charge in [-0.25, -0.2) is 0 Å². The fourth-order valence-corrected chi connectivity index (χ4v) is 4.21. The first kappa shape index (κ1) is 23.6. The van der Waals surface area contributed by atoms with Gasteiger partial charge in [0.15, 0.2) is 23.1 Å². The summed E-state index contributed by atoms with van der Waals surface area (Å²) in [6.45, 7) is 0. The van der Waals surface area contributed by atoms with E-state index in [1.807, 2.05) is 72.8 Å². The Hall–Kier alpha value is -3.55. The Balaban J connectivity index is 1.65. The maximum absolute atomic E-state index is 12.6. The molecular formula is C27H21F2N2OS2+. The van der Waals surface area contributed by atoms with Gasteiger partial charge in [0, 0.05) is 28.3 Å². The van der Waals surface area contributed by atoms with E-state index in [-0.39, 0.29) is 10.7 Å². The first-order valence-corrected chi connectivity index (χ1v) is 11.7. The molecule has 4 rings (SSSR count). The van der Waals surface area contributed by atoms with Crippen LogP contribution in [-0.4, -0.2) is 15.9 Å². The van der Waals surface area contributed by atoms with Crippen LogP contribution in [-0.2, 0) is 0 Å². The molecule has 0 aliphatic heterocycles.